The Morgan fingerprint density at radius 1 is 1.30 bits per heavy atom. The summed E-state index contributed by atoms with van der Waals surface area (Å²) in [5.41, 5.74) is 7.40. The Morgan fingerprint density at radius 2 is 2.08 bits per heavy atom. The summed E-state index contributed by atoms with van der Waals surface area (Å²) in [6.45, 7) is 2.23. The van der Waals surface area contributed by atoms with E-state index in [1.54, 1.807) is 43.8 Å². The van der Waals surface area contributed by atoms with Crippen LogP contribution in [-0.2, 0) is 24.3 Å². The number of aromatic nitrogens is 2. The number of nitrogens with two attached hydrogens (primary N) is 1. The quantitative estimate of drug-likeness (QED) is 0.397. The number of hydrogen-bond donors (Lipinski definition) is 3. The van der Waals surface area contributed by atoms with E-state index in [1.807, 2.05) is 11.5 Å². The van der Waals surface area contributed by atoms with Gasteiger partial charge in [-0.15, -0.1) is 0 Å². The van der Waals surface area contributed by atoms with E-state index in [1.165, 1.54) is 17.0 Å². The fourth-order valence-corrected chi connectivity index (χ4v) is 4.74. The maximum absolute atomic E-state index is 13.7. The number of imidazole rings is 1. The molecule has 0 saturated carbocycles. The fraction of sp³-hybridized carbons (Fsp3) is 0.308. The number of urea groups is 1. The summed E-state index contributed by atoms with van der Waals surface area (Å²) in [4.78, 5) is 44.0. The molecule has 2 atom stereocenters. The molecule has 194 valence electrons. The van der Waals surface area contributed by atoms with Gasteiger partial charge in [0.2, 0.25) is 5.91 Å². The molecule has 37 heavy (non-hydrogen) atoms. The second-order valence-corrected chi connectivity index (χ2v) is 9.28. The summed E-state index contributed by atoms with van der Waals surface area (Å²) in [6, 6.07) is 8.71. The van der Waals surface area contributed by atoms with Gasteiger partial charge in [-0.25, -0.2) is 14.6 Å². The number of nitrogens with one attached hydrogen (secondary N) is 1. The van der Waals surface area contributed by atoms with E-state index in [0.717, 1.165) is 5.56 Å². The fourth-order valence-electron chi connectivity index (χ4n) is 4.55. The van der Waals surface area contributed by atoms with Crippen LogP contribution in [-0.4, -0.2) is 44.6 Å². The van der Waals surface area contributed by atoms with Crippen molar-refractivity contribution in [1.29, 1.82) is 0 Å². The summed E-state index contributed by atoms with van der Waals surface area (Å²) in [6.07, 6.45) is 4.24. The van der Waals surface area contributed by atoms with E-state index in [-0.39, 0.29) is 23.7 Å². The van der Waals surface area contributed by atoms with Gasteiger partial charge < -0.3 is 25.5 Å². The number of imide groups is 1. The molecule has 0 fully saturated rings. The van der Waals surface area contributed by atoms with Crippen LogP contribution >= 0.6 is 11.6 Å². The zero-order chi connectivity index (χ0) is 26.7. The predicted molar refractivity (Wildman–Crippen MR) is 137 cm³/mol. The molecule has 1 aromatic heterocycles. The predicted octanol–water partition coefficient (Wildman–Crippen LogP) is 3.89. The number of rotatable bonds is 7. The lowest BCUT2D eigenvalue weighted by Crippen LogP contribution is -2.46. The molecule has 3 amide bonds. The van der Waals surface area contributed by atoms with Crippen molar-refractivity contribution >= 4 is 35.2 Å². The number of fused-ring (bicyclic) bond motifs is 1. The number of nitrogens with zero attached hydrogens (tertiary/aromatic N) is 3. The van der Waals surface area contributed by atoms with Crippen LogP contribution < -0.4 is 15.8 Å². The van der Waals surface area contributed by atoms with E-state index >= 15 is 0 Å². The van der Waals surface area contributed by atoms with Crippen molar-refractivity contribution in [2.75, 3.05) is 12.8 Å². The Morgan fingerprint density at radius 3 is 2.76 bits per heavy atom. The minimum absolute atomic E-state index is 0.0113. The molecule has 0 bridgehead atoms. The summed E-state index contributed by atoms with van der Waals surface area (Å²) in [7, 11) is 1.55. The normalized spacial score (nSPS) is 16.0. The molecule has 0 unspecified atom stereocenters. The van der Waals surface area contributed by atoms with Crippen LogP contribution in [0.15, 0.2) is 48.8 Å². The number of aromatic carboxylic acids is 1. The van der Waals surface area contributed by atoms with Crippen molar-refractivity contribution < 1.29 is 24.2 Å². The molecule has 10 nitrogen and oxygen atoms in total. The molecule has 4 rings (SSSR count). The van der Waals surface area contributed by atoms with Gasteiger partial charge in [0.25, 0.3) is 0 Å². The topological polar surface area (TPSA) is 140 Å². The lowest BCUT2D eigenvalue weighted by molar-refractivity contribution is -0.132. The zero-order valence-electron chi connectivity index (χ0n) is 20.5. The minimum atomic E-state index is -1.13. The third-order valence-corrected chi connectivity index (χ3v) is 6.74. The molecular weight excluding hydrogens is 498 g/mol. The first-order valence-corrected chi connectivity index (χ1v) is 12.2. The highest BCUT2D eigenvalue weighted by molar-refractivity contribution is 6.30. The summed E-state index contributed by atoms with van der Waals surface area (Å²) in [5.74, 6) is -0.849. The first kappa shape index (κ1) is 26.0. The lowest BCUT2D eigenvalue weighted by Gasteiger charge is -2.26. The van der Waals surface area contributed by atoms with Crippen LogP contribution in [0.2, 0.25) is 5.02 Å². The number of methoxy groups -OCH3 is 1. The second-order valence-electron chi connectivity index (χ2n) is 8.84. The van der Waals surface area contributed by atoms with Crippen molar-refractivity contribution in [3.63, 3.8) is 0 Å². The van der Waals surface area contributed by atoms with Gasteiger partial charge in [-0.3, -0.25) is 9.69 Å². The third kappa shape index (κ3) is 5.54. The molecule has 2 aromatic carbocycles. The number of benzene rings is 2. The van der Waals surface area contributed by atoms with E-state index < -0.39 is 24.0 Å². The summed E-state index contributed by atoms with van der Waals surface area (Å²) in [5, 5.41) is 12.7. The van der Waals surface area contributed by atoms with Crippen molar-refractivity contribution in [1.82, 2.24) is 19.8 Å². The highest BCUT2D eigenvalue weighted by atomic mass is 35.5. The average molecular weight is 526 g/mol. The molecule has 0 aliphatic carbocycles. The van der Waals surface area contributed by atoms with E-state index in [0.29, 0.717) is 41.5 Å². The maximum Gasteiger partial charge on any atom is 0.337 e. The molecule has 1 aliphatic rings. The van der Waals surface area contributed by atoms with Crippen LogP contribution in [0.25, 0.3) is 0 Å². The molecule has 0 saturated heterocycles. The molecule has 3 aromatic rings. The largest absolute Gasteiger partial charge is 0.496 e. The smallest absolute Gasteiger partial charge is 0.337 e. The molecule has 2 heterocycles. The first-order chi connectivity index (χ1) is 17.7. The van der Waals surface area contributed by atoms with Crippen molar-refractivity contribution in [2.24, 2.45) is 5.92 Å². The molecule has 0 radical (unpaired) electrons. The van der Waals surface area contributed by atoms with Gasteiger partial charge in [-0.2, -0.15) is 0 Å². The average Bonchev–Trinajstić information content (AvgIpc) is 3.26. The van der Waals surface area contributed by atoms with Crippen molar-refractivity contribution in [2.45, 2.75) is 38.9 Å². The molecule has 1 aliphatic heterocycles. The monoisotopic (exact) mass is 525 g/mol. The lowest BCUT2D eigenvalue weighted by atomic mass is 9.97. The van der Waals surface area contributed by atoms with Crippen LogP contribution in [0.4, 0.5) is 10.5 Å². The Bertz CT molecular complexity index is 1340. The van der Waals surface area contributed by atoms with E-state index in [4.69, 9.17) is 22.1 Å². The second kappa shape index (κ2) is 10.9. The third-order valence-electron chi connectivity index (χ3n) is 6.50. The number of carboxylic acids is 1. The highest BCUT2D eigenvalue weighted by Crippen LogP contribution is 2.29. The minimum Gasteiger partial charge on any atom is -0.496 e. The SMILES string of the molecule is CC[C@@H](NC(=O)N1Cc2nccn2C[C@H](Cc2cc(Cl)ccc2OC)C1=O)c1ccc(C(=O)O)c(N)c1. The number of carbonyl (C=O) groups excluding carboxylic acids is 2. The number of hydrogen-bond acceptors (Lipinski definition) is 6. The Labute approximate surface area is 219 Å². The number of carboxylic acid groups (broad SMARTS) is 1. The molecule has 11 heteroatoms. The molecular formula is C26H28ClN5O5. The van der Waals surface area contributed by atoms with Gasteiger partial charge in [0.1, 0.15) is 11.6 Å². The number of ether oxygens (including phenoxy) is 1. The number of amides is 3. The molecule has 0 spiro atoms. The maximum atomic E-state index is 13.7. The molecule has 4 N–H and O–H groups in total. The Balaban J connectivity index is 1.60. The first-order valence-electron chi connectivity index (χ1n) is 11.8. The van der Waals surface area contributed by atoms with Crippen LogP contribution in [0.1, 0.15) is 46.7 Å². The van der Waals surface area contributed by atoms with Gasteiger partial charge in [0.05, 0.1) is 31.2 Å². The van der Waals surface area contributed by atoms with Crippen molar-refractivity contribution in [3.05, 3.63) is 76.3 Å². The standard InChI is InChI=1S/C26H28ClN5O5/c1-3-21(15-4-6-19(25(34)35)20(28)12-15)30-26(36)32-14-23-29-8-9-31(23)13-17(24(32)33)10-16-11-18(27)5-7-22(16)37-2/h4-9,11-12,17,21H,3,10,13-14,28H2,1-2H3,(H,30,36)(H,34,35)/t17-,21+/m0/s1. The Kier molecular flexibility index (Phi) is 7.68. The van der Waals surface area contributed by atoms with Gasteiger partial charge in [0.15, 0.2) is 0 Å². The summed E-state index contributed by atoms with van der Waals surface area (Å²) >= 11 is 6.20. The zero-order valence-corrected chi connectivity index (χ0v) is 21.2. The number of nitrogen functional groups attached to an aromatic ring is 1. The number of halogens is 1. The van der Waals surface area contributed by atoms with Crippen molar-refractivity contribution in [3.8, 4) is 5.75 Å². The van der Waals surface area contributed by atoms with Crippen LogP contribution in [0.5, 0.6) is 5.75 Å². The highest BCUT2D eigenvalue weighted by Gasteiger charge is 2.35. The van der Waals surface area contributed by atoms with E-state index in [2.05, 4.69) is 10.3 Å². The Hall–Kier alpha value is -4.05. The number of carbonyl (C=O) groups is 3. The van der Waals surface area contributed by atoms with Crippen LogP contribution in [0, 0.1) is 5.92 Å². The number of anilines is 1. The van der Waals surface area contributed by atoms with Gasteiger partial charge in [0, 0.05) is 29.6 Å². The van der Waals surface area contributed by atoms with Gasteiger partial charge >= 0.3 is 12.0 Å². The van der Waals surface area contributed by atoms with Gasteiger partial charge in [-0.1, -0.05) is 24.6 Å². The van der Waals surface area contributed by atoms with Gasteiger partial charge in [-0.05, 0) is 54.3 Å². The van der Waals surface area contributed by atoms with Crippen LogP contribution in [0.3, 0.4) is 0 Å². The summed E-state index contributed by atoms with van der Waals surface area (Å²) < 4.78 is 7.33. The van der Waals surface area contributed by atoms with E-state index in [9.17, 15) is 19.5 Å².